The molecule has 8 heteroatoms. The fraction of sp³-hybridized carbons (Fsp3) is 0.100. The SMILES string of the molecule is CNc1ncnc(Nc2ccncc2)c1[N+](=O)[O-]. The number of nitrogens with zero attached hydrogens (tertiary/aromatic N) is 4. The van der Waals surface area contributed by atoms with Crippen LogP contribution >= 0.6 is 0 Å². The van der Waals surface area contributed by atoms with Crippen LogP contribution in [0.15, 0.2) is 30.9 Å². The maximum atomic E-state index is 11.0. The van der Waals surface area contributed by atoms with Crippen molar-refractivity contribution in [1.29, 1.82) is 0 Å². The topological polar surface area (TPSA) is 106 Å². The smallest absolute Gasteiger partial charge is 0.353 e. The van der Waals surface area contributed by atoms with Crippen molar-refractivity contribution in [3.8, 4) is 0 Å². The Kier molecular flexibility index (Phi) is 3.28. The van der Waals surface area contributed by atoms with E-state index in [2.05, 4.69) is 25.6 Å². The molecule has 0 atom stereocenters. The third-order valence-corrected chi connectivity index (χ3v) is 2.18. The first-order valence-corrected chi connectivity index (χ1v) is 5.06. The molecule has 2 aromatic heterocycles. The first-order valence-electron chi connectivity index (χ1n) is 5.06. The van der Waals surface area contributed by atoms with Gasteiger partial charge in [-0.3, -0.25) is 15.1 Å². The molecule has 2 aromatic rings. The Morgan fingerprint density at radius 1 is 1.22 bits per heavy atom. The lowest BCUT2D eigenvalue weighted by molar-refractivity contribution is -0.383. The highest BCUT2D eigenvalue weighted by molar-refractivity contribution is 5.73. The second-order valence-corrected chi connectivity index (χ2v) is 3.29. The molecule has 0 aliphatic rings. The van der Waals surface area contributed by atoms with Crippen LogP contribution in [-0.4, -0.2) is 26.9 Å². The first-order chi connectivity index (χ1) is 8.72. The van der Waals surface area contributed by atoms with Crippen molar-refractivity contribution < 1.29 is 4.92 Å². The van der Waals surface area contributed by atoms with Gasteiger partial charge in [-0.2, -0.15) is 0 Å². The fourth-order valence-electron chi connectivity index (χ4n) is 1.40. The van der Waals surface area contributed by atoms with Crippen molar-refractivity contribution in [1.82, 2.24) is 15.0 Å². The van der Waals surface area contributed by atoms with Gasteiger partial charge < -0.3 is 10.6 Å². The highest BCUT2D eigenvalue weighted by Gasteiger charge is 2.22. The summed E-state index contributed by atoms with van der Waals surface area (Å²) >= 11 is 0. The lowest BCUT2D eigenvalue weighted by Gasteiger charge is -2.07. The molecule has 0 aliphatic heterocycles. The molecule has 0 unspecified atom stereocenters. The maximum Gasteiger partial charge on any atom is 0.353 e. The second kappa shape index (κ2) is 5.04. The van der Waals surface area contributed by atoms with Gasteiger partial charge in [-0.15, -0.1) is 0 Å². The minimum Gasteiger partial charge on any atom is -0.367 e. The molecular formula is C10H10N6O2. The number of rotatable bonds is 4. The molecule has 0 bridgehead atoms. The van der Waals surface area contributed by atoms with Gasteiger partial charge in [0, 0.05) is 25.1 Å². The Hall–Kier alpha value is -2.77. The maximum absolute atomic E-state index is 11.0. The van der Waals surface area contributed by atoms with E-state index in [1.54, 1.807) is 31.6 Å². The molecule has 0 fully saturated rings. The predicted molar refractivity (Wildman–Crippen MR) is 65.8 cm³/mol. The van der Waals surface area contributed by atoms with Gasteiger partial charge in [-0.25, -0.2) is 9.97 Å². The largest absolute Gasteiger partial charge is 0.367 e. The van der Waals surface area contributed by atoms with E-state index in [0.29, 0.717) is 5.69 Å². The van der Waals surface area contributed by atoms with Crippen LogP contribution in [0, 0.1) is 10.1 Å². The molecule has 0 spiro atoms. The first kappa shape index (κ1) is 11.7. The van der Waals surface area contributed by atoms with Gasteiger partial charge in [0.05, 0.1) is 4.92 Å². The van der Waals surface area contributed by atoms with E-state index in [0.717, 1.165) is 0 Å². The average Bonchev–Trinajstić information content (AvgIpc) is 2.39. The molecule has 0 saturated heterocycles. The normalized spacial score (nSPS) is 9.83. The lowest BCUT2D eigenvalue weighted by atomic mass is 10.3. The molecule has 8 nitrogen and oxygen atoms in total. The molecule has 18 heavy (non-hydrogen) atoms. The molecule has 0 saturated carbocycles. The second-order valence-electron chi connectivity index (χ2n) is 3.29. The Morgan fingerprint density at radius 2 is 1.89 bits per heavy atom. The van der Waals surface area contributed by atoms with Crippen LogP contribution in [0.5, 0.6) is 0 Å². The fourth-order valence-corrected chi connectivity index (χ4v) is 1.40. The van der Waals surface area contributed by atoms with Crippen LogP contribution in [0.4, 0.5) is 23.0 Å². The van der Waals surface area contributed by atoms with Crippen LogP contribution < -0.4 is 10.6 Å². The number of aromatic nitrogens is 3. The summed E-state index contributed by atoms with van der Waals surface area (Å²) in [5.41, 5.74) is 0.464. The minimum atomic E-state index is -0.532. The van der Waals surface area contributed by atoms with E-state index in [9.17, 15) is 10.1 Å². The lowest BCUT2D eigenvalue weighted by Crippen LogP contribution is -2.05. The van der Waals surface area contributed by atoms with E-state index in [1.165, 1.54) is 6.33 Å². The van der Waals surface area contributed by atoms with Crippen LogP contribution in [0.1, 0.15) is 0 Å². The van der Waals surface area contributed by atoms with E-state index < -0.39 is 4.92 Å². The zero-order chi connectivity index (χ0) is 13.0. The predicted octanol–water partition coefficient (Wildman–Crippen LogP) is 1.57. The van der Waals surface area contributed by atoms with Gasteiger partial charge in [-0.05, 0) is 12.1 Å². The molecule has 0 radical (unpaired) electrons. The summed E-state index contributed by atoms with van der Waals surface area (Å²) in [5.74, 6) is 0.289. The van der Waals surface area contributed by atoms with Gasteiger partial charge in [0.1, 0.15) is 6.33 Å². The number of nitrogens with one attached hydrogen (secondary N) is 2. The Morgan fingerprint density at radius 3 is 2.50 bits per heavy atom. The Balaban J connectivity index is 2.42. The molecule has 0 aliphatic carbocycles. The van der Waals surface area contributed by atoms with Gasteiger partial charge in [0.25, 0.3) is 0 Å². The standard InChI is InChI=1S/C10H10N6O2/c1-11-9-8(16(17)18)10(14-6-13-9)15-7-2-4-12-5-3-7/h2-6H,1H3,(H2,11,12,13,14,15). The van der Waals surface area contributed by atoms with Crippen molar-refractivity contribution in [3.05, 3.63) is 41.0 Å². The third-order valence-electron chi connectivity index (χ3n) is 2.18. The quantitative estimate of drug-likeness (QED) is 0.622. The van der Waals surface area contributed by atoms with Gasteiger partial charge in [-0.1, -0.05) is 0 Å². The number of anilines is 3. The van der Waals surface area contributed by atoms with E-state index >= 15 is 0 Å². The molecule has 2 heterocycles. The summed E-state index contributed by atoms with van der Waals surface area (Å²) in [6.45, 7) is 0. The van der Waals surface area contributed by atoms with Crippen molar-refractivity contribution in [2.75, 3.05) is 17.7 Å². The molecule has 2 N–H and O–H groups in total. The minimum absolute atomic E-state index is 0.130. The number of hydrogen-bond donors (Lipinski definition) is 2. The molecule has 0 amide bonds. The van der Waals surface area contributed by atoms with E-state index in [4.69, 9.17) is 0 Å². The molecule has 2 rings (SSSR count). The van der Waals surface area contributed by atoms with Gasteiger partial charge >= 0.3 is 5.69 Å². The van der Waals surface area contributed by atoms with E-state index in [1.807, 2.05) is 0 Å². The summed E-state index contributed by atoms with van der Waals surface area (Å²) in [5, 5.41) is 16.5. The zero-order valence-electron chi connectivity index (χ0n) is 9.49. The van der Waals surface area contributed by atoms with Crippen LogP contribution in [0.3, 0.4) is 0 Å². The summed E-state index contributed by atoms with van der Waals surface area (Å²) < 4.78 is 0. The molecule has 0 aromatic carbocycles. The van der Waals surface area contributed by atoms with Crippen molar-refractivity contribution in [2.45, 2.75) is 0 Å². The number of hydrogen-bond acceptors (Lipinski definition) is 7. The number of nitro groups is 1. The molecular weight excluding hydrogens is 236 g/mol. The molecule has 92 valence electrons. The number of pyridine rings is 1. The van der Waals surface area contributed by atoms with Crippen molar-refractivity contribution in [3.63, 3.8) is 0 Å². The van der Waals surface area contributed by atoms with Crippen LogP contribution in [0.25, 0.3) is 0 Å². The van der Waals surface area contributed by atoms with Crippen molar-refractivity contribution in [2.24, 2.45) is 0 Å². The zero-order valence-corrected chi connectivity index (χ0v) is 9.49. The third kappa shape index (κ3) is 2.32. The van der Waals surface area contributed by atoms with Crippen LogP contribution in [0.2, 0.25) is 0 Å². The summed E-state index contributed by atoms with van der Waals surface area (Å²) in [6, 6.07) is 3.37. The van der Waals surface area contributed by atoms with Gasteiger partial charge in [0.2, 0.25) is 11.6 Å². The summed E-state index contributed by atoms with van der Waals surface area (Å²) in [7, 11) is 1.56. The average molecular weight is 246 g/mol. The Bertz CT molecular complexity index is 560. The van der Waals surface area contributed by atoms with Crippen LogP contribution in [-0.2, 0) is 0 Å². The van der Waals surface area contributed by atoms with Gasteiger partial charge in [0.15, 0.2) is 0 Å². The summed E-state index contributed by atoms with van der Waals surface area (Å²) in [6.07, 6.45) is 4.41. The highest BCUT2D eigenvalue weighted by atomic mass is 16.6. The Labute approximate surface area is 102 Å². The highest BCUT2D eigenvalue weighted by Crippen LogP contribution is 2.30. The monoisotopic (exact) mass is 246 g/mol. The summed E-state index contributed by atoms with van der Waals surface area (Å²) in [4.78, 5) is 22.0. The van der Waals surface area contributed by atoms with E-state index in [-0.39, 0.29) is 17.3 Å². The van der Waals surface area contributed by atoms with Crippen molar-refractivity contribution >= 4 is 23.0 Å².